The van der Waals surface area contributed by atoms with Gasteiger partial charge in [-0.1, -0.05) is 26.7 Å². The minimum absolute atomic E-state index is 0.0226. The zero-order chi connectivity index (χ0) is 13.1. The standard InChI is InChI=1S/C15H31NO/c1-12(11-15(4,5)17-6)16-13-9-7-8-10-14(13,2)3/h12-13,16H,7-11H2,1-6H3. The minimum Gasteiger partial charge on any atom is -0.379 e. The maximum Gasteiger partial charge on any atom is 0.0637 e. The average molecular weight is 241 g/mol. The molecule has 0 spiro atoms. The molecule has 1 rings (SSSR count). The van der Waals surface area contributed by atoms with E-state index in [2.05, 4.69) is 39.9 Å². The minimum atomic E-state index is -0.0226. The zero-order valence-corrected chi connectivity index (χ0v) is 12.6. The Labute approximate surface area is 108 Å². The molecule has 2 nitrogen and oxygen atoms in total. The van der Waals surface area contributed by atoms with Gasteiger partial charge in [0, 0.05) is 19.2 Å². The lowest BCUT2D eigenvalue weighted by atomic mass is 9.73. The molecular formula is C15H31NO. The van der Waals surface area contributed by atoms with Crippen molar-refractivity contribution >= 4 is 0 Å². The normalized spacial score (nSPS) is 26.8. The molecule has 0 saturated heterocycles. The van der Waals surface area contributed by atoms with Crippen molar-refractivity contribution < 1.29 is 4.74 Å². The fraction of sp³-hybridized carbons (Fsp3) is 1.00. The van der Waals surface area contributed by atoms with Gasteiger partial charge in [-0.05, 0) is 45.4 Å². The van der Waals surface area contributed by atoms with Gasteiger partial charge in [-0.2, -0.15) is 0 Å². The third-order valence-electron chi connectivity index (χ3n) is 4.34. The van der Waals surface area contributed by atoms with E-state index in [9.17, 15) is 0 Å². The van der Waals surface area contributed by atoms with Crippen LogP contribution in [-0.2, 0) is 4.74 Å². The molecule has 1 saturated carbocycles. The Kier molecular flexibility index (Phi) is 5.03. The van der Waals surface area contributed by atoms with E-state index in [1.54, 1.807) is 7.11 Å². The van der Waals surface area contributed by atoms with E-state index in [4.69, 9.17) is 4.74 Å². The average Bonchev–Trinajstić information content (AvgIpc) is 2.20. The van der Waals surface area contributed by atoms with E-state index >= 15 is 0 Å². The molecule has 0 amide bonds. The van der Waals surface area contributed by atoms with E-state index in [1.807, 2.05) is 0 Å². The van der Waals surface area contributed by atoms with Gasteiger partial charge in [0.05, 0.1) is 5.60 Å². The Morgan fingerprint density at radius 1 is 1.35 bits per heavy atom. The summed E-state index contributed by atoms with van der Waals surface area (Å²) < 4.78 is 5.51. The highest BCUT2D eigenvalue weighted by Crippen LogP contribution is 2.36. The number of hydrogen-bond acceptors (Lipinski definition) is 2. The van der Waals surface area contributed by atoms with Crippen LogP contribution in [0.5, 0.6) is 0 Å². The zero-order valence-electron chi connectivity index (χ0n) is 12.6. The van der Waals surface area contributed by atoms with Crippen molar-refractivity contribution in [2.45, 2.75) is 84.4 Å². The third kappa shape index (κ3) is 4.59. The summed E-state index contributed by atoms with van der Waals surface area (Å²) in [6.07, 6.45) is 6.51. The Morgan fingerprint density at radius 2 is 2.00 bits per heavy atom. The molecule has 102 valence electrons. The molecule has 1 fully saturated rings. The maximum atomic E-state index is 5.51. The molecule has 0 radical (unpaired) electrons. The number of hydrogen-bond donors (Lipinski definition) is 1. The van der Waals surface area contributed by atoms with Gasteiger partial charge in [0.25, 0.3) is 0 Å². The highest BCUT2D eigenvalue weighted by Gasteiger charge is 2.33. The predicted octanol–water partition coefficient (Wildman–Crippen LogP) is 3.75. The van der Waals surface area contributed by atoms with Crippen molar-refractivity contribution in [3.8, 4) is 0 Å². The summed E-state index contributed by atoms with van der Waals surface area (Å²) in [7, 11) is 1.80. The molecule has 1 aliphatic rings. The van der Waals surface area contributed by atoms with Gasteiger partial charge in [-0.15, -0.1) is 0 Å². The fourth-order valence-corrected chi connectivity index (χ4v) is 3.03. The Balaban J connectivity index is 2.47. The maximum absolute atomic E-state index is 5.51. The first-order valence-corrected chi connectivity index (χ1v) is 7.08. The van der Waals surface area contributed by atoms with Crippen molar-refractivity contribution in [3.05, 3.63) is 0 Å². The van der Waals surface area contributed by atoms with Crippen LogP contribution in [0.2, 0.25) is 0 Å². The number of nitrogens with one attached hydrogen (secondary N) is 1. The summed E-state index contributed by atoms with van der Waals surface area (Å²) in [5.41, 5.74) is 0.426. The molecular weight excluding hydrogens is 210 g/mol. The lowest BCUT2D eigenvalue weighted by Gasteiger charge is -2.41. The second-order valence-electron chi connectivity index (χ2n) is 7.02. The molecule has 1 aliphatic carbocycles. The first-order valence-electron chi connectivity index (χ1n) is 7.08. The summed E-state index contributed by atoms with van der Waals surface area (Å²) in [5.74, 6) is 0. The van der Waals surface area contributed by atoms with Gasteiger partial charge in [-0.25, -0.2) is 0 Å². The molecule has 0 aromatic carbocycles. The van der Waals surface area contributed by atoms with Gasteiger partial charge < -0.3 is 10.1 Å². The van der Waals surface area contributed by atoms with Gasteiger partial charge in [0.15, 0.2) is 0 Å². The lowest BCUT2D eigenvalue weighted by molar-refractivity contribution is 0.00489. The topological polar surface area (TPSA) is 21.3 Å². The molecule has 0 aliphatic heterocycles. The fourth-order valence-electron chi connectivity index (χ4n) is 3.03. The van der Waals surface area contributed by atoms with Gasteiger partial charge in [-0.3, -0.25) is 0 Å². The third-order valence-corrected chi connectivity index (χ3v) is 4.34. The largest absolute Gasteiger partial charge is 0.379 e. The van der Waals surface area contributed by atoms with Crippen molar-refractivity contribution in [1.82, 2.24) is 5.32 Å². The van der Waals surface area contributed by atoms with Crippen LogP contribution in [0.15, 0.2) is 0 Å². The summed E-state index contributed by atoms with van der Waals surface area (Å²) in [4.78, 5) is 0. The van der Waals surface area contributed by atoms with Crippen LogP contribution in [0.25, 0.3) is 0 Å². The van der Waals surface area contributed by atoms with Gasteiger partial charge in [0.1, 0.15) is 0 Å². The second kappa shape index (κ2) is 5.71. The first kappa shape index (κ1) is 15.0. The monoisotopic (exact) mass is 241 g/mol. The Bertz CT molecular complexity index is 235. The molecule has 0 aromatic rings. The van der Waals surface area contributed by atoms with Crippen LogP contribution < -0.4 is 5.32 Å². The van der Waals surface area contributed by atoms with Gasteiger partial charge >= 0.3 is 0 Å². The summed E-state index contributed by atoms with van der Waals surface area (Å²) in [6.45, 7) is 11.4. The van der Waals surface area contributed by atoms with Crippen LogP contribution in [0.4, 0.5) is 0 Å². The van der Waals surface area contributed by atoms with Crippen molar-refractivity contribution in [3.63, 3.8) is 0 Å². The highest BCUT2D eigenvalue weighted by atomic mass is 16.5. The van der Waals surface area contributed by atoms with Crippen LogP contribution in [0, 0.1) is 5.41 Å². The molecule has 2 heteroatoms. The summed E-state index contributed by atoms with van der Waals surface area (Å²) in [5, 5.41) is 3.82. The lowest BCUT2D eigenvalue weighted by Crippen LogP contribution is -2.49. The number of methoxy groups -OCH3 is 1. The predicted molar refractivity (Wildman–Crippen MR) is 74.3 cm³/mol. The van der Waals surface area contributed by atoms with Crippen LogP contribution in [-0.4, -0.2) is 24.8 Å². The molecule has 2 atom stereocenters. The van der Waals surface area contributed by atoms with E-state index in [0.29, 0.717) is 17.5 Å². The van der Waals surface area contributed by atoms with Crippen molar-refractivity contribution in [1.29, 1.82) is 0 Å². The Morgan fingerprint density at radius 3 is 2.53 bits per heavy atom. The molecule has 1 N–H and O–H groups in total. The van der Waals surface area contributed by atoms with Crippen molar-refractivity contribution in [2.24, 2.45) is 5.41 Å². The number of rotatable bonds is 5. The SMILES string of the molecule is COC(C)(C)CC(C)NC1CCCCC1(C)C. The van der Waals surface area contributed by atoms with E-state index in [-0.39, 0.29) is 5.60 Å². The second-order valence-corrected chi connectivity index (χ2v) is 7.02. The van der Waals surface area contributed by atoms with E-state index < -0.39 is 0 Å². The molecule has 17 heavy (non-hydrogen) atoms. The summed E-state index contributed by atoms with van der Waals surface area (Å²) >= 11 is 0. The van der Waals surface area contributed by atoms with E-state index in [0.717, 1.165) is 6.42 Å². The van der Waals surface area contributed by atoms with Crippen LogP contribution >= 0.6 is 0 Å². The first-order chi connectivity index (χ1) is 7.77. The molecule has 2 unspecified atom stereocenters. The van der Waals surface area contributed by atoms with Gasteiger partial charge in [0.2, 0.25) is 0 Å². The van der Waals surface area contributed by atoms with E-state index in [1.165, 1.54) is 25.7 Å². The smallest absolute Gasteiger partial charge is 0.0637 e. The number of ether oxygens (including phenoxy) is 1. The van der Waals surface area contributed by atoms with Crippen LogP contribution in [0.1, 0.15) is 66.7 Å². The molecule has 0 bridgehead atoms. The summed E-state index contributed by atoms with van der Waals surface area (Å²) in [6, 6.07) is 1.19. The molecule has 0 aromatic heterocycles. The van der Waals surface area contributed by atoms with Crippen molar-refractivity contribution in [2.75, 3.05) is 7.11 Å². The quantitative estimate of drug-likeness (QED) is 0.791. The molecule has 0 heterocycles. The Hall–Kier alpha value is -0.0800. The van der Waals surface area contributed by atoms with Crippen LogP contribution in [0.3, 0.4) is 0 Å². The highest BCUT2D eigenvalue weighted by molar-refractivity contribution is 4.90.